The van der Waals surface area contributed by atoms with Crippen LogP contribution in [0.3, 0.4) is 0 Å². The standard InChI is InChI=1S/C26H22N4.C24H14N4.C13H11BrN2.C12H7BrN2.C3H8/c1-17(27)19-3-7-21(8-4-19)25-13-11-23(15-29-25)24-12-14-26(30-16-24)22-9-5-20(6-10-22)18(2)28;1-26-22-10-6-19(7-11-22)24-13-9-21(16-28-24)20-8-12-23(27-15-20)18-4-2-17(14-25)3-5-18;1-9(15)10-2-4-11(5-3-10)13-7-6-12(14)8-16-13;1-14-11-5-2-9(3-6-11)12-7-4-10(13)8-15-12;1-3-2/h3-16H,1-2,27-28H2;2-13,15-16H;2-8H,1,15H2;2-8H;3H2,1-2H3. The lowest BCUT2D eigenvalue weighted by Gasteiger charge is -2.07. The lowest BCUT2D eigenvalue weighted by Crippen LogP contribution is -1.94. The first-order valence-corrected chi connectivity index (χ1v) is 30.4. The third kappa shape index (κ3) is 18.7. The van der Waals surface area contributed by atoms with E-state index in [-0.39, 0.29) is 0 Å². The minimum Gasteiger partial charge on any atom is -0.399 e. The van der Waals surface area contributed by atoms with Crippen LogP contribution in [0.15, 0.2) is 284 Å². The number of pyridine rings is 6. The summed E-state index contributed by atoms with van der Waals surface area (Å²) in [6.45, 7) is 29.3. The van der Waals surface area contributed by atoms with E-state index in [1.54, 1.807) is 48.8 Å². The summed E-state index contributed by atoms with van der Waals surface area (Å²) in [5.41, 5.74) is 38.9. The van der Waals surface area contributed by atoms with Crippen LogP contribution < -0.4 is 17.2 Å². The Balaban J connectivity index is 0.000000162. The smallest absolute Gasteiger partial charge is 0.187 e. The molecule has 6 N–H and O–H groups in total. The Labute approximate surface area is 554 Å². The Morgan fingerprint density at radius 1 is 0.348 bits per heavy atom. The van der Waals surface area contributed by atoms with Crippen molar-refractivity contribution in [3.8, 4) is 95.9 Å². The van der Waals surface area contributed by atoms with Gasteiger partial charge in [-0.3, -0.25) is 29.9 Å². The average molecular weight is 1330 g/mol. The normalized spacial score (nSPS) is 10.0. The van der Waals surface area contributed by atoms with E-state index in [2.05, 4.69) is 123 Å². The molecule has 448 valence electrons. The second kappa shape index (κ2) is 33.0. The van der Waals surface area contributed by atoms with Crippen LogP contribution in [0.25, 0.3) is 117 Å². The molecule has 92 heavy (non-hydrogen) atoms. The summed E-state index contributed by atoms with van der Waals surface area (Å²) in [4.78, 5) is 33.6. The van der Waals surface area contributed by atoms with Crippen molar-refractivity contribution in [1.82, 2.24) is 29.9 Å². The first-order valence-electron chi connectivity index (χ1n) is 28.9. The van der Waals surface area contributed by atoms with Crippen molar-refractivity contribution in [2.45, 2.75) is 20.3 Å². The van der Waals surface area contributed by atoms with Crippen molar-refractivity contribution in [3.63, 3.8) is 0 Å². The number of nitrogens with two attached hydrogens (primary N) is 3. The summed E-state index contributed by atoms with van der Waals surface area (Å²) in [6.07, 6.45) is 12.2. The van der Waals surface area contributed by atoms with Crippen molar-refractivity contribution in [2.75, 3.05) is 0 Å². The van der Waals surface area contributed by atoms with Gasteiger partial charge in [0, 0.05) is 108 Å². The van der Waals surface area contributed by atoms with E-state index in [4.69, 9.17) is 35.6 Å². The summed E-state index contributed by atoms with van der Waals surface area (Å²) in [5.74, 6) is 0. The Kier molecular flexibility index (Phi) is 23.8. The summed E-state index contributed by atoms with van der Waals surface area (Å²) in [5, 5.41) is 8.89. The van der Waals surface area contributed by atoms with Crippen LogP contribution in [-0.4, -0.2) is 29.9 Å². The zero-order valence-corrected chi connectivity index (χ0v) is 53.8. The number of nitriles is 1. The van der Waals surface area contributed by atoms with Crippen molar-refractivity contribution in [3.05, 3.63) is 329 Å². The van der Waals surface area contributed by atoms with E-state index >= 15 is 0 Å². The summed E-state index contributed by atoms with van der Waals surface area (Å²) >= 11 is 6.70. The second-order valence-corrected chi connectivity index (χ2v) is 22.3. The predicted octanol–water partition coefficient (Wildman–Crippen LogP) is 20.2. The van der Waals surface area contributed by atoms with E-state index < -0.39 is 0 Å². The van der Waals surface area contributed by atoms with Gasteiger partial charge in [0.05, 0.1) is 58.9 Å². The SMILES string of the molecule is C=C(N)c1ccc(-c2ccc(-c3ccc(-c4ccc(C(=C)N)cc4)nc3)cn2)cc1.C=C(N)c1ccc(-c2ccc(Br)cn2)cc1.CCC.[C-]#[N+]c1ccc(-c2ccc(-c3ccc(-c4ccc(C#N)cc4)nc3)cn2)cc1.[C-]#[N+]c1ccc(-c2ccc(Br)cn2)cc1. The van der Waals surface area contributed by atoms with Crippen LogP contribution in [0.5, 0.6) is 0 Å². The Morgan fingerprint density at radius 2 is 0.554 bits per heavy atom. The number of hydrogen-bond acceptors (Lipinski definition) is 10. The minimum absolute atomic E-state index is 0.557. The number of nitrogens with zero attached hydrogens (tertiary/aromatic N) is 9. The molecule has 0 atom stereocenters. The van der Waals surface area contributed by atoms with Crippen molar-refractivity contribution < 1.29 is 0 Å². The molecule has 0 saturated carbocycles. The lowest BCUT2D eigenvalue weighted by atomic mass is 10.0. The van der Waals surface area contributed by atoms with Crippen LogP contribution in [-0.2, 0) is 0 Å². The quantitative estimate of drug-likeness (QED) is 0.105. The van der Waals surface area contributed by atoms with Gasteiger partial charge in [0.2, 0.25) is 0 Å². The van der Waals surface area contributed by atoms with Gasteiger partial charge in [-0.15, -0.1) is 0 Å². The summed E-state index contributed by atoms with van der Waals surface area (Å²) in [7, 11) is 0. The third-order valence-electron chi connectivity index (χ3n) is 13.7. The van der Waals surface area contributed by atoms with Gasteiger partial charge in [-0.1, -0.05) is 198 Å². The molecular weight excluding hydrogens is 1260 g/mol. The van der Waals surface area contributed by atoms with Gasteiger partial charge in [-0.2, -0.15) is 5.26 Å². The summed E-state index contributed by atoms with van der Waals surface area (Å²) in [6, 6.07) is 71.9. The van der Waals surface area contributed by atoms with Gasteiger partial charge in [0.1, 0.15) is 0 Å². The molecule has 6 heterocycles. The molecule has 0 unspecified atom stereocenters. The van der Waals surface area contributed by atoms with Crippen molar-refractivity contribution >= 4 is 60.3 Å². The fourth-order valence-corrected chi connectivity index (χ4v) is 9.20. The zero-order valence-electron chi connectivity index (χ0n) is 50.6. The van der Waals surface area contributed by atoms with Gasteiger partial charge >= 0.3 is 0 Å². The van der Waals surface area contributed by atoms with Gasteiger partial charge in [-0.25, -0.2) is 9.69 Å². The summed E-state index contributed by atoms with van der Waals surface area (Å²) < 4.78 is 1.94. The van der Waals surface area contributed by atoms with E-state index in [0.717, 1.165) is 115 Å². The monoisotopic (exact) mass is 1320 g/mol. The number of hydrogen-bond donors (Lipinski definition) is 3. The highest BCUT2D eigenvalue weighted by atomic mass is 79.9. The van der Waals surface area contributed by atoms with E-state index in [1.165, 1.54) is 6.42 Å². The highest BCUT2D eigenvalue weighted by Crippen LogP contribution is 2.29. The fourth-order valence-electron chi connectivity index (χ4n) is 8.73. The molecule has 0 aliphatic rings. The number of halogens is 2. The van der Waals surface area contributed by atoms with Crippen LogP contribution in [0, 0.1) is 24.5 Å². The third-order valence-corrected chi connectivity index (χ3v) is 14.7. The maximum absolute atomic E-state index is 8.89. The molecular formula is C78H62Br2N12. The van der Waals surface area contributed by atoms with Crippen LogP contribution in [0.2, 0.25) is 0 Å². The van der Waals surface area contributed by atoms with Gasteiger partial charge < -0.3 is 17.2 Å². The Hall–Kier alpha value is -11.7. The van der Waals surface area contributed by atoms with Gasteiger partial charge in [0.15, 0.2) is 11.4 Å². The predicted molar refractivity (Wildman–Crippen MR) is 384 cm³/mol. The molecule has 0 amide bonds. The Morgan fingerprint density at radius 3 is 0.739 bits per heavy atom. The van der Waals surface area contributed by atoms with E-state index in [9.17, 15) is 0 Å². The molecule has 0 aliphatic heterocycles. The largest absolute Gasteiger partial charge is 0.399 e. The number of aromatic nitrogens is 6. The molecule has 0 saturated heterocycles. The molecule has 6 aromatic carbocycles. The highest BCUT2D eigenvalue weighted by Gasteiger charge is 2.09. The Bertz CT molecular complexity index is 4320. The van der Waals surface area contributed by atoms with Gasteiger partial charge in [-0.05, 0) is 120 Å². The molecule has 14 heteroatoms. The highest BCUT2D eigenvalue weighted by molar-refractivity contribution is 9.10. The van der Waals surface area contributed by atoms with Crippen LogP contribution >= 0.6 is 31.9 Å². The minimum atomic E-state index is 0.557. The first kappa shape index (κ1) is 66.2. The molecule has 0 fully saturated rings. The molecule has 12 nitrogen and oxygen atoms in total. The molecule has 12 aromatic rings. The number of rotatable bonds is 11. The zero-order chi connectivity index (χ0) is 65.4. The van der Waals surface area contributed by atoms with E-state index in [0.29, 0.717) is 34.0 Å². The molecule has 6 aromatic heterocycles. The molecule has 0 radical (unpaired) electrons. The average Bonchev–Trinajstić information content (AvgIpc) is 2.21. The van der Waals surface area contributed by atoms with Crippen molar-refractivity contribution in [2.24, 2.45) is 17.2 Å². The maximum Gasteiger partial charge on any atom is 0.187 e. The van der Waals surface area contributed by atoms with Crippen LogP contribution in [0.4, 0.5) is 11.4 Å². The van der Waals surface area contributed by atoms with Crippen LogP contribution in [0.1, 0.15) is 42.5 Å². The maximum atomic E-state index is 8.89. The first-order chi connectivity index (χ1) is 44.6. The molecule has 0 aliphatic carbocycles. The molecule has 0 spiro atoms. The van der Waals surface area contributed by atoms with Crippen molar-refractivity contribution in [1.29, 1.82) is 5.26 Å². The molecule has 12 rings (SSSR count). The fraction of sp³-hybridized carbons (Fsp3) is 0.0385. The van der Waals surface area contributed by atoms with E-state index in [1.807, 2.05) is 195 Å². The van der Waals surface area contributed by atoms with Gasteiger partial charge in [0.25, 0.3) is 0 Å². The second-order valence-electron chi connectivity index (χ2n) is 20.5. The number of benzene rings is 6. The molecule has 0 bridgehead atoms. The topological polar surface area (TPSA) is 188 Å². The lowest BCUT2D eigenvalue weighted by molar-refractivity contribution is 1.09.